The summed E-state index contributed by atoms with van der Waals surface area (Å²) in [6, 6.07) is 16.8. The molecule has 0 spiro atoms. The van der Waals surface area contributed by atoms with Crippen LogP contribution in [0.4, 0.5) is 5.69 Å². The number of anilines is 1. The average molecular weight is 621 g/mol. The van der Waals surface area contributed by atoms with Gasteiger partial charge in [0, 0.05) is 18.2 Å². The maximum absolute atomic E-state index is 14.0. The van der Waals surface area contributed by atoms with E-state index < -0.39 is 34.1 Å². The molecule has 3 rings (SSSR count). The maximum atomic E-state index is 14.0. The quantitative estimate of drug-likeness (QED) is 0.308. The summed E-state index contributed by atoms with van der Waals surface area (Å²) in [5, 5.41) is 3.54. The fourth-order valence-electron chi connectivity index (χ4n) is 4.02. The molecule has 0 fully saturated rings. The Hall–Kier alpha value is -3.27. The Kier molecular flexibility index (Phi) is 10.3. The first-order chi connectivity index (χ1) is 19.1. The van der Waals surface area contributed by atoms with Gasteiger partial charge in [0.25, 0.3) is 10.0 Å². The minimum absolute atomic E-state index is 0.00895. The number of carbonyl (C=O) groups is 2. The molecule has 0 saturated carbocycles. The van der Waals surface area contributed by atoms with Crippen LogP contribution in [0.2, 0.25) is 10.0 Å². The van der Waals surface area contributed by atoms with E-state index in [9.17, 15) is 18.0 Å². The lowest BCUT2D eigenvalue weighted by Gasteiger charge is -2.33. The van der Waals surface area contributed by atoms with E-state index in [1.807, 2.05) is 27.7 Å². The smallest absolute Gasteiger partial charge is 0.264 e. The molecule has 0 radical (unpaired) electrons. The van der Waals surface area contributed by atoms with Crippen LogP contribution in [0.5, 0.6) is 5.75 Å². The Morgan fingerprint density at radius 1 is 0.976 bits per heavy atom. The van der Waals surface area contributed by atoms with Crippen molar-refractivity contribution in [2.75, 3.05) is 18.0 Å². The highest BCUT2D eigenvalue weighted by molar-refractivity contribution is 7.92. The van der Waals surface area contributed by atoms with Gasteiger partial charge in [0.15, 0.2) is 0 Å². The zero-order chi connectivity index (χ0) is 30.5. The predicted octanol–water partition coefficient (Wildman–Crippen LogP) is 5.84. The van der Waals surface area contributed by atoms with Gasteiger partial charge in [-0.2, -0.15) is 0 Å². The zero-order valence-corrected chi connectivity index (χ0v) is 26.3. The summed E-state index contributed by atoms with van der Waals surface area (Å²) >= 11 is 12.3. The van der Waals surface area contributed by atoms with Gasteiger partial charge in [-0.3, -0.25) is 13.9 Å². The number of halogens is 2. The van der Waals surface area contributed by atoms with Crippen LogP contribution in [0.15, 0.2) is 71.6 Å². The van der Waals surface area contributed by atoms with Crippen LogP contribution in [-0.4, -0.2) is 50.4 Å². The van der Waals surface area contributed by atoms with Crippen molar-refractivity contribution in [3.63, 3.8) is 0 Å². The van der Waals surface area contributed by atoms with Gasteiger partial charge < -0.3 is 15.0 Å². The van der Waals surface area contributed by atoms with Crippen molar-refractivity contribution in [2.24, 2.45) is 0 Å². The maximum Gasteiger partial charge on any atom is 0.264 e. The number of hydrogen-bond donors (Lipinski definition) is 1. The van der Waals surface area contributed by atoms with Crippen molar-refractivity contribution in [2.45, 2.75) is 57.6 Å². The van der Waals surface area contributed by atoms with Gasteiger partial charge in [-0.1, -0.05) is 53.0 Å². The molecule has 0 aliphatic carbocycles. The van der Waals surface area contributed by atoms with Gasteiger partial charge >= 0.3 is 0 Å². The van der Waals surface area contributed by atoms with Gasteiger partial charge in [0.2, 0.25) is 11.8 Å². The highest BCUT2D eigenvalue weighted by Gasteiger charge is 2.33. The highest BCUT2D eigenvalue weighted by Crippen LogP contribution is 2.28. The third kappa shape index (κ3) is 8.38. The van der Waals surface area contributed by atoms with E-state index >= 15 is 0 Å². The first kappa shape index (κ1) is 32.2. The van der Waals surface area contributed by atoms with Crippen LogP contribution in [0, 0.1) is 6.92 Å². The Balaban J connectivity index is 2.07. The number of sulfonamides is 1. The van der Waals surface area contributed by atoms with Gasteiger partial charge in [0.1, 0.15) is 18.3 Å². The molecule has 3 aromatic rings. The zero-order valence-electron chi connectivity index (χ0n) is 23.9. The molecule has 1 N–H and O–H groups in total. The Labute approximate surface area is 252 Å². The van der Waals surface area contributed by atoms with Crippen LogP contribution in [0.3, 0.4) is 0 Å². The van der Waals surface area contributed by atoms with Crippen molar-refractivity contribution in [3.8, 4) is 5.75 Å². The molecule has 220 valence electrons. The molecule has 8 nitrogen and oxygen atoms in total. The predicted molar refractivity (Wildman–Crippen MR) is 163 cm³/mol. The van der Waals surface area contributed by atoms with E-state index in [1.54, 1.807) is 55.5 Å². The van der Waals surface area contributed by atoms with Crippen molar-refractivity contribution in [1.82, 2.24) is 10.2 Å². The summed E-state index contributed by atoms with van der Waals surface area (Å²) in [6.07, 6.45) is 0. The fraction of sp³-hybridized carbons (Fsp3) is 0.333. The molecule has 1 atom stereocenters. The number of methoxy groups -OCH3 is 1. The standard InChI is InChI=1S/C30H35Cl2N3O5S/c1-20-10-13-25(14-11-20)41(38,39)35(23-8-7-9-24(17-23)40-6)19-28(36)34(21(2)29(37)33-30(3,4)5)18-22-12-15-26(31)27(32)16-22/h7-17,21H,18-19H2,1-6H3,(H,33,37)/t21-/m1/s1. The second-order valence-corrected chi connectivity index (χ2v) is 13.4. The molecule has 2 amide bonds. The topological polar surface area (TPSA) is 96.0 Å². The summed E-state index contributed by atoms with van der Waals surface area (Å²) in [7, 11) is -2.72. The molecule has 41 heavy (non-hydrogen) atoms. The normalized spacial score (nSPS) is 12.4. The molecule has 0 unspecified atom stereocenters. The number of nitrogens with zero attached hydrogens (tertiary/aromatic N) is 2. The second kappa shape index (κ2) is 13.1. The number of amides is 2. The molecule has 0 heterocycles. The molecule has 3 aromatic carbocycles. The van der Waals surface area contributed by atoms with E-state index in [0.29, 0.717) is 21.4 Å². The Morgan fingerprint density at radius 3 is 2.22 bits per heavy atom. The van der Waals surface area contributed by atoms with Gasteiger partial charge in [-0.15, -0.1) is 0 Å². The first-order valence-corrected chi connectivity index (χ1v) is 15.1. The van der Waals surface area contributed by atoms with E-state index in [2.05, 4.69) is 5.32 Å². The second-order valence-electron chi connectivity index (χ2n) is 10.7. The van der Waals surface area contributed by atoms with E-state index in [0.717, 1.165) is 9.87 Å². The van der Waals surface area contributed by atoms with Crippen LogP contribution in [0.1, 0.15) is 38.8 Å². The van der Waals surface area contributed by atoms with E-state index in [1.165, 1.54) is 30.2 Å². The number of hydrogen-bond acceptors (Lipinski definition) is 5. The summed E-state index contributed by atoms with van der Waals surface area (Å²) in [6.45, 7) is 8.37. The molecular weight excluding hydrogens is 585 g/mol. The molecule has 11 heteroatoms. The third-order valence-corrected chi connectivity index (χ3v) is 8.76. The highest BCUT2D eigenvalue weighted by atomic mass is 35.5. The minimum Gasteiger partial charge on any atom is -0.497 e. The lowest BCUT2D eigenvalue weighted by Crippen LogP contribution is -2.54. The number of rotatable bonds is 10. The molecule has 0 saturated heterocycles. The number of ether oxygens (including phenoxy) is 1. The molecule has 0 aliphatic heterocycles. The van der Waals surface area contributed by atoms with E-state index in [-0.39, 0.29) is 23.0 Å². The van der Waals surface area contributed by atoms with Crippen LogP contribution < -0.4 is 14.4 Å². The van der Waals surface area contributed by atoms with Crippen molar-refractivity contribution < 1.29 is 22.7 Å². The number of benzene rings is 3. The Bertz CT molecular complexity index is 1510. The summed E-state index contributed by atoms with van der Waals surface area (Å²) in [5.41, 5.74) is 1.20. The van der Waals surface area contributed by atoms with Crippen LogP contribution >= 0.6 is 23.2 Å². The minimum atomic E-state index is -4.19. The summed E-state index contributed by atoms with van der Waals surface area (Å²) < 4.78 is 34.2. The average Bonchev–Trinajstić information content (AvgIpc) is 2.91. The lowest BCUT2D eigenvalue weighted by atomic mass is 10.1. The number of aryl methyl sites for hydroxylation is 1. The van der Waals surface area contributed by atoms with Crippen LogP contribution in [0.25, 0.3) is 0 Å². The van der Waals surface area contributed by atoms with Gasteiger partial charge in [-0.05, 0) is 76.6 Å². The van der Waals surface area contributed by atoms with E-state index in [4.69, 9.17) is 27.9 Å². The fourth-order valence-corrected chi connectivity index (χ4v) is 5.75. The SMILES string of the molecule is COc1cccc(N(CC(=O)N(Cc2ccc(Cl)c(Cl)c2)[C@H](C)C(=O)NC(C)(C)C)S(=O)(=O)c2ccc(C)cc2)c1. The molecular formula is C30H35Cl2N3O5S. The van der Waals surface area contributed by atoms with Crippen molar-refractivity contribution in [3.05, 3.63) is 87.9 Å². The molecule has 0 aliphatic rings. The van der Waals surface area contributed by atoms with Crippen molar-refractivity contribution >= 4 is 50.7 Å². The number of carbonyl (C=O) groups excluding carboxylic acids is 2. The van der Waals surface area contributed by atoms with Crippen LogP contribution in [-0.2, 0) is 26.2 Å². The summed E-state index contributed by atoms with van der Waals surface area (Å²) in [5.74, 6) is -0.559. The summed E-state index contributed by atoms with van der Waals surface area (Å²) in [4.78, 5) is 28.6. The van der Waals surface area contributed by atoms with Gasteiger partial charge in [0.05, 0.1) is 27.7 Å². The molecule has 0 aromatic heterocycles. The lowest BCUT2D eigenvalue weighted by molar-refractivity contribution is -0.140. The number of nitrogens with one attached hydrogen (secondary N) is 1. The Morgan fingerprint density at radius 2 is 1.63 bits per heavy atom. The largest absolute Gasteiger partial charge is 0.497 e. The third-order valence-electron chi connectivity index (χ3n) is 6.23. The van der Waals surface area contributed by atoms with Crippen molar-refractivity contribution in [1.29, 1.82) is 0 Å². The molecule has 0 bridgehead atoms. The van der Waals surface area contributed by atoms with Gasteiger partial charge in [-0.25, -0.2) is 8.42 Å². The monoisotopic (exact) mass is 619 g/mol. The first-order valence-electron chi connectivity index (χ1n) is 12.9.